The molecule has 2 aliphatic heterocycles. The summed E-state index contributed by atoms with van der Waals surface area (Å²) in [4.78, 5) is 2.04. The van der Waals surface area contributed by atoms with Crippen LogP contribution in [0, 0.1) is 0 Å². The van der Waals surface area contributed by atoms with E-state index < -0.39 is 21.8 Å². The third-order valence-corrected chi connectivity index (χ3v) is 9.87. The van der Waals surface area contributed by atoms with E-state index in [1.165, 1.54) is 27.8 Å². The number of nitrogens with one attached hydrogen (secondary N) is 1. The number of benzene rings is 1. The largest absolute Gasteiger partial charge is 0.421 e. The number of aliphatic hydroxyl groups is 1. The normalized spacial score (nSPS) is 23.0. The number of hydrogen-bond acceptors (Lipinski definition) is 7. The maximum Gasteiger partial charge on any atom is 0.421 e. The second-order valence-corrected chi connectivity index (χ2v) is 12.4. The van der Waals surface area contributed by atoms with Gasteiger partial charge in [0.05, 0.1) is 19.3 Å². The van der Waals surface area contributed by atoms with Gasteiger partial charge in [-0.25, -0.2) is 8.42 Å². The van der Waals surface area contributed by atoms with Crippen molar-refractivity contribution in [3.8, 4) is 0 Å². The van der Waals surface area contributed by atoms with Crippen LogP contribution in [0.4, 0.5) is 18.9 Å². The lowest BCUT2D eigenvalue weighted by atomic mass is 9.94. The summed E-state index contributed by atoms with van der Waals surface area (Å²) in [6.07, 6.45) is -4.17. The first kappa shape index (κ1) is 26.4. The second kappa shape index (κ2) is 9.98. The number of nitrogens with zero attached hydrogens (tertiary/aromatic N) is 2. The van der Waals surface area contributed by atoms with Crippen LogP contribution in [-0.4, -0.2) is 75.0 Å². The maximum absolute atomic E-state index is 13.3. The summed E-state index contributed by atoms with van der Waals surface area (Å²) in [7, 11) is -3.63. The van der Waals surface area contributed by atoms with Crippen LogP contribution >= 0.6 is 11.3 Å². The average molecular weight is 534 g/mol. The zero-order valence-corrected chi connectivity index (χ0v) is 21.2. The van der Waals surface area contributed by atoms with E-state index in [1.54, 1.807) is 29.6 Å². The van der Waals surface area contributed by atoms with Crippen LogP contribution in [0.2, 0.25) is 0 Å². The third-order valence-electron chi connectivity index (χ3n) is 6.63. The van der Waals surface area contributed by atoms with Gasteiger partial charge in [-0.2, -0.15) is 17.5 Å². The Kier molecular flexibility index (Phi) is 7.52. The summed E-state index contributed by atoms with van der Waals surface area (Å²) in [5, 5.41) is 15.2. The summed E-state index contributed by atoms with van der Waals surface area (Å²) in [5.74, 6) is 0. The van der Waals surface area contributed by atoms with Crippen molar-refractivity contribution in [2.24, 2.45) is 0 Å². The molecule has 0 spiro atoms. The molecule has 194 valence electrons. The van der Waals surface area contributed by atoms with Crippen LogP contribution in [0.15, 0.2) is 46.0 Å². The number of piperazine rings is 1. The molecule has 2 saturated heterocycles. The van der Waals surface area contributed by atoms with E-state index >= 15 is 0 Å². The highest BCUT2D eigenvalue weighted by Gasteiger charge is 2.51. The van der Waals surface area contributed by atoms with Crippen LogP contribution in [0.3, 0.4) is 0 Å². The predicted octanol–water partition coefficient (Wildman–Crippen LogP) is 3.16. The average Bonchev–Trinajstić information content (AvgIpc) is 3.31. The minimum atomic E-state index is -4.80. The maximum atomic E-state index is 13.3. The Morgan fingerprint density at radius 3 is 2.43 bits per heavy atom. The van der Waals surface area contributed by atoms with Gasteiger partial charge in [-0.3, -0.25) is 0 Å². The molecule has 7 nitrogen and oxygen atoms in total. The lowest BCUT2D eigenvalue weighted by Crippen LogP contribution is -2.57. The Labute approximate surface area is 207 Å². The predicted molar refractivity (Wildman–Crippen MR) is 128 cm³/mol. The Bertz CT molecular complexity index is 1090. The van der Waals surface area contributed by atoms with Crippen LogP contribution in [-0.2, 0) is 20.4 Å². The summed E-state index contributed by atoms with van der Waals surface area (Å²) in [6.45, 7) is 4.95. The quantitative estimate of drug-likeness (QED) is 0.543. The molecule has 1 aromatic heterocycles. The number of hydrogen-bond donors (Lipinski definition) is 2. The van der Waals surface area contributed by atoms with Crippen molar-refractivity contribution in [3.05, 3.63) is 47.3 Å². The Morgan fingerprint density at radius 1 is 1.20 bits per heavy atom. The summed E-state index contributed by atoms with van der Waals surface area (Å²) >= 11 is 1.18. The van der Waals surface area contributed by atoms with Crippen LogP contribution in [0.25, 0.3) is 0 Å². The summed E-state index contributed by atoms with van der Waals surface area (Å²) in [6, 6.07) is 9.11. The standard InChI is InChI=1S/C23H30F3N3O4S2/c1-16(27-18-14-33-15-18)12-20-13-28(35(31,32)21-4-3-11-34-21)9-10-29(20)19-7-5-17(6-8-19)22(2,30)23(24,25)26/h3-8,11,16,18,20,27,30H,9-10,12-15H2,1-2H3/t16-,20+,22-/m1/s1. The molecule has 12 heteroatoms. The number of alkyl halides is 3. The van der Waals surface area contributed by atoms with Gasteiger partial charge in [0, 0.05) is 37.4 Å². The van der Waals surface area contributed by atoms with Crippen molar-refractivity contribution in [3.63, 3.8) is 0 Å². The molecule has 3 atom stereocenters. The SMILES string of the molecule is C[C@H](C[C@H]1CN(S(=O)(=O)c2cccs2)CCN1c1ccc([C@@](C)(O)C(F)(F)F)cc1)NC1COC1. The van der Waals surface area contributed by atoms with E-state index in [1.807, 2.05) is 11.8 Å². The number of sulfonamides is 1. The molecular weight excluding hydrogens is 503 g/mol. The molecule has 0 radical (unpaired) electrons. The smallest absolute Gasteiger partial charge is 0.378 e. The monoisotopic (exact) mass is 533 g/mol. The van der Waals surface area contributed by atoms with Gasteiger partial charge >= 0.3 is 6.18 Å². The van der Waals surface area contributed by atoms with Gasteiger partial charge in [0.25, 0.3) is 10.0 Å². The Morgan fingerprint density at radius 2 is 1.89 bits per heavy atom. The van der Waals surface area contributed by atoms with E-state index in [0.717, 1.165) is 6.92 Å². The number of thiophene rings is 1. The van der Waals surface area contributed by atoms with Crippen LogP contribution in [0.5, 0.6) is 0 Å². The zero-order chi connectivity index (χ0) is 25.4. The molecule has 35 heavy (non-hydrogen) atoms. The van der Waals surface area contributed by atoms with Gasteiger partial charge < -0.3 is 20.1 Å². The molecule has 0 aliphatic carbocycles. The first-order valence-electron chi connectivity index (χ1n) is 11.4. The minimum Gasteiger partial charge on any atom is -0.378 e. The van der Waals surface area contributed by atoms with E-state index in [2.05, 4.69) is 5.32 Å². The van der Waals surface area contributed by atoms with Crippen LogP contribution in [0.1, 0.15) is 25.8 Å². The summed E-state index contributed by atoms with van der Waals surface area (Å²) < 4.78 is 73.1. The lowest BCUT2D eigenvalue weighted by Gasteiger charge is -2.43. The highest BCUT2D eigenvalue weighted by Crippen LogP contribution is 2.39. The summed E-state index contributed by atoms with van der Waals surface area (Å²) in [5.41, 5.74) is -2.52. The molecular formula is C23H30F3N3O4S2. The first-order valence-corrected chi connectivity index (χ1v) is 13.8. The van der Waals surface area contributed by atoms with Gasteiger partial charge in [-0.05, 0) is 49.4 Å². The molecule has 0 bridgehead atoms. The third kappa shape index (κ3) is 5.52. The van der Waals surface area contributed by atoms with Gasteiger partial charge in [0.2, 0.25) is 0 Å². The fourth-order valence-electron chi connectivity index (χ4n) is 4.48. The van der Waals surface area contributed by atoms with E-state index in [-0.39, 0.29) is 36.8 Å². The van der Waals surface area contributed by atoms with Gasteiger partial charge in [-0.15, -0.1) is 11.3 Å². The van der Waals surface area contributed by atoms with Crippen molar-refractivity contribution >= 4 is 27.0 Å². The molecule has 4 rings (SSSR count). The van der Waals surface area contributed by atoms with Gasteiger partial charge in [0.1, 0.15) is 4.21 Å². The Balaban J connectivity index is 1.56. The minimum absolute atomic E-state index is 0.0750. The van der Waals surface area contributed by atoms with E-state index in [9.17, 15) is 26.7 Å². The highest BCUT2D eigenvalue weighted by atomic mass is 32.2. The number of rotatable bonds is 8. The van der Waals surface area contributed by atoms with Crippen molar-refractivity contribution < 1.29 is 31.4 Å². The van der Waals surface area contributed by atoms with Gasteiger partial charge in [0.15, 0.2) is 5.60 Å². The molecule has 1 aromatic carbocycles. The van der Waals surface area contributed by atoms with Crippen molar-refractivity contribution in [2.75, 3.05) is 37.7 Å². The molecule has 2 fully saturated rings. The first-order chi connectivity index (χ1) is 16.4. The zero-order valence-electron chi connectivity index (χ0n) is 19.5. The number of anilines is 1. The van der Waals surface area contributed by atoms with Gasteiger partial charge in [-0.1, -0.05) is 18.2 Å². The van der Waals surface area contributed by atoms with Crippen molar-refractivity contribution in [2.45, 2.75) is 54.4 Å². The molecule has 3 heterocycles. The number of ether oxygens (including phenoxy) is 1. The fourth-order valence-corrected chi connectivity index (χ4v) is 7.09. The second-order valence-electron chi connectivity index (χ2n) is 9.30. The fraction of sp³-hybridized carbons (Fsp3) is 0.565. The molecule has 0 amide bonds. The van der Waals surface area contributed by atoms with Crippen LogP contribution < -0.4 is 10.2 Å². The van der Waals surface area contributed by atoms with E-state index in [4.69, 9.17) is 4.74 Å². The molecule has 2 N–H and O–H groups in total. The number of halogens is 3. The Hall–Kier alpha value is -1.70. The van der Waals surface area contributed by atoms with Crippen molar-refractivity contribution in [1.29, 1.82) is 0 Å². The van der Waals surface area contributed by atoms with Crippen molar-refractivity contribution in [1.82, 2.24) is 9.62 Å². The molecule has 2 aromatic rings. The molecule has 0 unspecified atom stereocenters. The topological polar surface area (TPSA) is 82.1 Å². The molecule has 0 saturated carbocycles. The molecule has 2 aliphatic rings. The lowest BCUT2D eigenvalue weighted by molar-refractivity contribution is -0.258. The highest BCUT2D eigenvalue weighted by molar-refractivity contribution is 7.91. The van der Waals surface area contributed by atoms with E-state index in [0.29, 0.717) is 36.1 Å².